The molecule has 1 saturated heterocycles. The summed E-state index contributed by atoms with van der Waals surface area (Å²) in [6.45, 7) is -0.0652. The van der Waals surface area contributed by atoms with Gasteiger partial charge in [0.2, 0.25) is 0 Å². The molecule has 0 saturated carbocycles. The van der Waals surface area contributed by atoms with Crippen molar-refractivity contribution in [1.29, 1.82) is 0 Å². The lowest BCUT2D eigenvalue weighted by atomic mass is 10.1. The van der Waals surface area contributed by atoms with E-state index in [0.29, 0.717) is 17.8 Å². The molecule has 0 radical (unpaired) electrons. The minimum atomic E-state index is -1.27. The summed E-state index contributed by atoms with van der Waals surface area (Å²) < 4.78 is 17.9. The van der Waals surface area contributed by atoms with Crippen LogP contribution in [-0.2, 0) is 11.2 Å². The van der Waals surface area contributed by atoms with Crippen molar-refractivity contribution >= 4 is 17.0 Å². The van der Waals surface area contributed by atoms with Gasteiger partial charge in [0.05, 0.1) is 26.7 Å². The number of nitrogen functional groups attached to an aromatic ring is 1. The van der Waals surface area contributed by atoms with Crippen LogP contribution in [0.3, 0.4) is 0 Å². The number of ether oxygens (including phenoxy) is 3. The van der Waals surface area contributed by atoms with Crippen molar-refractivity contribution in [3.05, 3.63) is 36.2 Å². The van der Waals surface area contributed by atoms with Crippen molar-refractivity contribution in [3.63, 3.8) is 0 Å². The van der Waals surface area contributed by atoms with Gasteiger partial charge < -0.3 is 35.3 Å². The van der Waals surface area contributed by atoms with Crippen LogP contribution in [-0.4, -0.2) is 73.5 Å². The summed E-state index contributed by atoms with van der Waals surface area (Å²) in [6.07, 6.45) is -1.49. The van der Waals surface area contributed by atoms with E-state index in [1.54, 1.807) is 7.11 Å². The molecule has 4 rings (SSSR count). The maximum Gasteiger partial charge on any atom is 0.320 e. The largest absolute Gasteiger partial charge is 0.497 e. The van der Waals surface area contributed by atoms with E-state index in [1.807, 2.05) is 24.3 Å². The molecule has 166 valence electrons. The third-order valence-corrected chi connectivity index (χ3v) is 5.19. The number of imidazole rings is 1. The van der Waals surface area contributed by atoms with Crippen molar-refractivity contribution in [3.8, 4) is 11.8 Å². The number of nitrogens with zero attached hydrogens (tertiary/aromatic N) is 4. The van der Waals surface area contributed by atoms with Crippen LogP contribution in [0.5, 0.6) is 11.8 Å². The third-order valence-electron chi connectivity index (χ3n) is 5.19. The Morgan fingerprint density at radius 2 is 2.06 bits per heavy atom. The number of hydrogen-bond donors (Lipinski definition) is 4. The molecule has 4 atom stereocenters. The standard InChI is InChI=1S/C20H25N5O6/c1-29-12-6-2-4-11(8-12)5-3-7-30-20-23-17(21)14-18(24-20)25(10-22-14)19-16(28)15(27)13(9-26)31-19/h2,4,6,8,10,13,15-16,19,26-28H,3,5,7,9H2,1H3,(H2,21,23,24)/t13-,15-,16-,19-/m1/s1. The van der Waals surface area contributed by atoms with Gasteiger partial charge in [0.1, 0.15) is 24.1 Å². The third kappa shape index (κ3) is 4.26. The minimum absolute atomic E-state index is 0.0733. The number of aliphatic hydroxyl groups excluding tert-OH is 3. The molecule has 5 N–H and O–H groups in total. The molecule has 3 aromatic rings. The molecule has 1 aliphatic heterocycles. The Morgan fingerprint density at radius 1 is 1.23 bits per heavy atom. The Hall–Kier alpha value is -2.99. The van der Waals surface area contributed by atoms with Crippen LogP contribution in [0.4, 0.5) is 5.82 Å². The fourth-order valence-corrected chi connectivity index (χ4v) is 3.55. The van der Waals surface area contributed by atoms with E-state index in [4.69, 9.17) is 19.9 Å². The van der Waals surface area contributed by atoms with Crippen molar-refractivity contribution in [2.24, 2.45) is 0 Å². The van der Waals surface area contributed by atoms with Crippen LogP contribution in [0, 0.1) is 0 Å². The average Bonchev–Trinajstić information content (AvgIpc) is 3.32. The van der Waals surface area contributed by atoms with E-state index < -0.39 is 31.1 Å². The molecule has 3 heterocycles. The fraction of sp³-hybridized carbons (Fsp3) is 0.450. The van der Waals surface area contributed by atoms with Gasteiger partial charge in [-0.1, -0.05) is 12.1 Å². The van der Waals surface area contributed by atoms with Gasteiger partial charge in [0.25, 0.3) is 0 Å². The summed E-state index contributed by atoms with van der Waals surface area (Å²) in [4.78, 5) is 12.7. The highest BCUT2D eigenvalue weighted by molar-refractivity contribution is 5.82. The summed E-state index contributed by atoms with van der Waals surface area (Å²) in [6, 6.07) is 7.89. The highest BCUT2D eigenvalue weighted by Crippen LogP contribution is 2.32. The molecule has 0 bridgehead atoms. The molecule has 1 fully saturated rings. The van der Waals surface area contributed by atoms with Crippen LogP contribution in [0.1, 0.15) is 18.2 Å². The number of anilines is 1. The van der Waals surface area contributed by atoms with Crippen LogP contribution < -0.4 is 15.2 Å². The predicted octanol–water partition coefficient (Wildman–Crippen LogP) is 0.0402. The summed E-state index contributed by atoms with van der Waals surface area (Å²) in [5, 5.41) is 29.6. The Bertz CT molecular complexity index is 1040. The highest BCUT2D eigenvalue weighted by Gasteiger charge is 2.44. The number of aromatic nitrogens is 4. The summed E-state index contributed by atoms with van der Waals surface area (Å²) in [5.41, 5.74) is 7.74. The molecular formula is C20H25N5O6. The lowest BCUT2D eigenvalue weighted by Crippen LogP contribution is -2.33. The van der Waals surface area contributed by atoms with Crippen molar-refractivity contribution < 1.29 is 29.5 Å². The Kier molecular flexibility index (Phi) is 6.18. The second-order valence-electron chi connectivity index (χ2n) is 7.25. The number of nitrogens with two attached hydrogens (primary N) is 1. The summed E-state index contributed by atoms with van der Waals surface area (Å²) >= 11 is 0. The number of methoxy groups -OCH3 is 1. The van der Waals surface area contributed by atoms with Crippen molar-refractivity contribution in [2.45, 2.75) is 37.4 Å². The van der Waals surface area contributed by atoms with Crippen LogP contribution in [0.15, 0.2) is 30.6 Å². The number of hydrogen-bond acceptors (Lipinski definition) is 10. The maximum atomic E-state index is 10.3. The van der Waals surface area contributed by atoms with Gasteiger partial charge in [-0.2, -0.15) is 9.97 Å². The lowest BCUT2D eigenvalue weighted by molar-refractivity contribution is -0.0511. The molecule has 0 spiro atoms. The number of benzene rings is 1. The van der Waals surface area contributed by atoms with Gasteiger partial charge in [-0.05, 0) is 30.5 Å². The quantitative estimate of drug-likeness (QED) is 0.359. The molecule has 0 unspecified atom stereocenters. The Balaban J connectivity index is 1.46. The second kappa shape index (κ2) is 9.02. The summed E-state index contributed by atoms with van der Waals surface area (Å²) in [7, 11) is 1.63. The monoisotopic (exact) mass is 431 g/mol. The zero-order valence-corrected chi connectivity index (χ0v) is 17.0. The average molecular weight is 431 g/mol. The van der Waals surface area contributed by atoms with Crippen LogP contribution >= 0.6 is 0 Å². The first-order valence-electron chi connectivity index (χ1n) is 9.90. The Labute approximate surface area is 178 Å². The van der Waals surface area contributed by atoms with E-state index >= 15 is 0 Å². The first-order valence-corrected chi connectivity index (χ1v) is 9.90. The van der Waals surface area contributed by atoms with Crippen molar-refractivity contribution in [1.82, 2.24) is 19.5 Å². The van der Waals surface area contributed by atoms with E-state index in [1.165, 1.54) is 10.9 Å². The smallest absolute Gasteiger partial charge is 0.320 e. The number of aryl methyl sites for hydroxylation is 1. The molecule has 0 aliphatic carbocycles. The fourth-order valence-electron chi connectivity index (χ4n) is 3.55. The molecule has 11 heteroatoms. The maximum absolute atomic E-state index is 10.3. The first-order chi connectivity index (χ1) is 15.0. The van der Waals surface area contributed by atoms with E-state index in [9.17, 15) is 15.3 Å². The van der Waals surface area contributed by atoms with E-state index in [2.05, 4.69) is 15.0 Å². The number of fused-ring (bicyclic) bond motifs is 1. The lowest BCUT2D eigenvalue weighted by Gasteiger charge is -2.16. The predicted molar refractivity (Wildman–Crippen MR) is 110 cm³/mol. The topological polar surface area (TPSA) is 158 Å². The van der Waals surface area contributed by atoms with Gasteiger partial charge in [0.15, 0.2) is 23.2 Å². The number of aliphatic hydroxyl groups is 3. The SMILES string of the molecule is COc1cccc(CCCOc2nc(N)c3ncn([C@@H]4O[C@H](CO)[C@@H](O)[C@H]4O)c3n2)c1. The van der Waals surface area contributed by atoms with Gasteiger partial charge in [-0.3, -0.25) is 4.57 Å². The molecule has 1 aromatic carbocycles. The molecular weight excluding hydrogens is 406 g/mol. The highest BCUT2D eigenvalue weighted by atomic mass is 16.6. The second-order valence-corrected chi connectivity index (χ2v) is 7.25. The van der Waals surface area contributed by atoms with Crippen LogP contribution in [0.25, 0.3) is 11.2 Å². The van der Waals surface area contributed by atoms with Crippen LogP contribution in [0.2, 0.25) is 0 Å². The molecule has 0 amide bonds. The van der Waals surface area contributed by atoms with Gasteiger partial charge >= 0.3 is 6.01 Å². The molecule has 1 aliphatic rings. The zero-order chi connectivity index (χ0) is 22.0. The molecule has 31 heavy (non-hydrogen) atoms. The normalized spacial score (nSPS) is 23.4. The molecule has 2 aromatic heterocycles. The van der Waals surface area contributed by atoms with Crippen molar-refractivity contribution in [2.75, 3.05) is 26.1 Å². The van der Waals surface area contributed by atoms with E-state index in [-0.39, 0.29) is 11.8 Å². The van der Waals surface area contributed by atoms with Gasteiger partial charge in [-0.25, -0.2) is 4.98 Å². The van der Waals surface area contributed by atoms with E-state index in [0.717, 1.165) is 24.2 Å². The summed E-state index contributed by atoms with van der Waals surface area (Å²) in [5.74, 6) is 0.927. The van der Waals surface area contributed by atoms with Gasteiger partial charge in [-0.15, -0.1) is 0 Å². The Morgan fingerprint density at radius 3 is 2.81 bits per heavy atom. The molecule has 11 nitrogen and oxygen atoms in total. The van der Waals surface area contributed by atoms with Gasteiger partial charge in [0, 0.05) is 0 Å². The minimum Gasteiger partial charge on any atom is -0.497 e. The first kappa shape index (κ1) is 21.2. The zero-order valence-electron chi connectivity index (χ0n) is 17.0. The number of rotatable bonds is 8.